The Labute approximate surface area is 238 Å². The third-order valence-corrected chi connectivity index (χ3v) is 8.51. The molecule has 202 valence electrons. The Hall–Kier alpha value is -2.08. The van der Waals surface area contributed by atoms with Crippen molar-refractivity contribution in [2.45, 2.75) is 44.7 Å². The third kappa shape index (κ3) is 7.52. The van der Waals surface area contributed by atoms with E-state index in [-0.39, 0.29) is 0 Å². The van der Waals surface area contributed by atoms with Crippen molar-refractivity contribution < 1.29 is 0 Å². The number of halogens is 2. The normalized spacial score (nSPS) is 17.6. The van der Waals surface area contributed by atoms with Crippen molar-refractivity contribution in [1.82, 2.24) is 15.5 Å². The van der Waals surface area contributed by atoms with Crippen LogP contribution in [0.1, 0.15) is 48.3 Å². The van der Waals surface area contributed by atoms with Crippen LogP contribution in [0.2, 0.25) is 10.0 Å². The standard InChI is InChI=1S/C32H40Cl2N4/c1-35-20-23-8-12-38(13-9-23)22-25-14-24(15-28(16-25)29-17-30(33)19-31(34)18-29)21-37-32-4-2-26(3-5-32)27-6-10-36-11-7-27/h2-5,14-19,23,27,35-37H,6-13,20-22H2,1H3. The molecule has 3 aromatic carbocycles. The Bertz CT molecular complexity index is 1160. The molecule has 2 fully saturated rings. The van der Waals surface area contributed by atoms with Gasteiger partial charge in [-0.25, -0.2) is 0 Å². The molecule has 5 rings (SSSR count). The number of hydrogen-bond acceptors (Lipinski definition) is 4. The first-order valence-electron chi connectivity index (χ1n) is 14.1. The molecule has 0 unspecified atom stereocenters. The molecular formula is C32H40Cl2N4. The van der Waals surface area contributed by atoms with Crippen molar-refractivity contribution >= 4 is 28.9 Å². The second-order valence-electron chi connectivity index (χ2n) is 11.0. The van der Waals surface area contributed by atoms with Gasteiger partial charge in [-0.1, -0.05) is 41.4 Å². The zero-order valence-corrected chi connectivity index (χ0v) is 23.9. The molecule has 0 aromatic heterocycles. The number of benzene rings is 3. The molecule has 0 spiro atoms. The van der Waals surface area contributed by atoms with Crippen molar-refractivity contribution in [3.05, 3.63) is 87.4 Å². The van der Waals surface area contributed by atoms with Gasteiger partial charge in [-0.05, 0) is 148 Å². The van der Waals surface area contributed by atoms with Crippen LogP contribution in [-0.2, 0) is 13.1 Å². The lowest BCUT2D eigenvalue weighted by molar-refractivity contribution is 0.177. The summed E-state index contributed by atoms with van der Waals surface area (Å²) in [5.41, 5.74) is 7.44. The lowest BCUT2D eigenvalue weighted by Gasteiger charge is -2.32. The molecule has 0 atom stereocenters. The molecular weight excluding hydrogens is 511 g/mol. The summed E-state index contributed by atoms with van der Waals surface area (Å²) in [4.78, 5) is 2.59. The third-order valence-electron chi connectivity index (χ3n) is 8.07. The van der Waals surface area contributed by atoms with Crippen LogP contribution in [0, 0.1) is 5.92 Å². The summed E-state index contributed by atoms with van der Waals surface area (Å²) in [5.74, 6) is 1.47. The highest BCUT2D eigenvalue weighted by atomic mass is 35.5. The van der Waals surface area contributed by atoms with Gasteiger partial charge in [0.2, 0.25) is 0 Å². The fraction of sp³-hybridized carbons (Fsp3) is 0.438. The molecule has 0 radical (unpaired) electrons. The molecule has 38 heavy (non-hydrogen) atoms. The van der Waals surface area contributed by atoms with E-state index in [4.69, 9.17) is 23.2 Å². The first kappa shape index (κ1) is 27.5. The van der Waals surface area contributed by atoms with Gasteiger partial charge < -0.3 is 16.0 Å². The monoisotopic (exact) mass is 550 g/mol. The SMILES string of the molecule is CNCC1CCN(Cc2cc(CNc3ccc(C4CCNCC4)cc3)cc(-c3cc(Cl)cc(Cl)c3)c2)CC1. The first-order chi connectivity index (χ1) is 18.6. The molecule has 3 aromatic rings. The maximum Gasteiger partial charge on any atom is 0.0426 e. The number of piperidine rings is 2. The van der Waals surface area contributed by atoms with E-state index in [1.54, 1.807) is 6.07 Å². The number of likely N-dealkylation sites (tertiary alicyclic amines) is 1. The number of hydrogen-bond donors (Lipinski definition) is 3. The van der Waals surface area contributed by atoms with Crippen LogP contribution in [0.25, 0.3) is 11.1 Å². The fourth-order valence-corrected chi connectivity index (χ4v) is 6.50. The zero-order chi connectivity index (χ0) is 26.3. The molecule has 4 nitrogen and oxygen atoms in total. The minimum atomic E-state index is 0.665. The van der Waals surface area contributed by atoms with Crippen LogP contribution in [0.3, 0.4) is 0 Å². The van der Waals surface area contributed by atoms with Crippen molar-refractivity contribution in [2.24, 2.45) is 5.92 Å². The summed E-state index contributed by atoms with van der Waals surface area (Å²) in [6, 6.07) is 21.8. The largest absolute Gasteiger partial charge is 0.381 e. The Morgan fingerprint density at radius 1 is 0.816 bits per heavy atom. The van der Waals surface area contributed by atoms with Gasteiger partial charge in [0.25, 0.3) is 0 Å². The lowest BCUT2D eigenvalue weighted by atomic mass is 9.90. The van der Waals surface area contributed by atoms with Crippen LogP contribution in [0.5, 0.6) is 0 Å². The summed E-state index contributed by atoms with van der Waals surface area (Å²) in [7, 11) is 2.05. The van der Waals surface area contributed by atoms with E-state index in [2.05, 4.69) is 70.4 Å². The molecule has 6 heteroatoms. The molecule has 2 aliphatic rings. The summed E-state index contributed by atoms with van der Waals surface area (Å²) in [6.45, 7) is 7.39. The van der Waals surface area contributed by atoms with Crippen molar-refractivity contribution in [1.29, 1.82) is 0 Å². The number of nitrogens with zero attached hydrogens (tertiary/aromatic N) is 1. The van der Waals surface area contributed by atoms with Gasteiger partial charge in [0.05, 0.1) is 0 Å². The zero-order valence-electron chi connectivity index (χ0n) is 22.4. The average molecular weight is 552 g/mol. The van der Waals surface area contributed by atoms with Crippen LogP contribution < -0.4 is 16.0 Å². The summed E-state index contributed by atoms with van der Waals surface area (Å²) in [6.07, 6.45) is 4.96. The molecule has 0 saturated carbocycles. The molecule has 3 N–H and O–H groups in total. The summed E-state index contributed by atoms with van der Waals surface area (Å²) in [5, 5.41) is 11.8. The van der Waals surface area contributed by atoms with E-state index < -0.39 is 0 Å². The summed E-state index contributed by atoms with van der Waals surface area (Å²) < 4.78 is 0. The highest BCUT2D eigenvalue weighted by Crippen LogP contribution is 2.30. The minimum Gasteiger partial charge on any atom is -0.381 e. The maximum absolute atomic E-state index is 6.37. The Kier molecular flexibility index (Phi) is 9.63. The van der Waals surface area contributed by atoms with E-state index >= 15 is 0 Å². The van der Waals surface area contributed by atoms with E-state index in [0.717, 1.165) is 68.5 Å². The predicted molar refractivity (Wildman–Crippen MR) is 162 cm³/mol. The Morgan fingerprint density at radius 2 is 1.47 bits per heavy atom. The van der Waals surface area contributed by atoms with E-state index in [9.17, 15) is 0 Å². The second-order valence-corrected chi connectivity index (χ2v) is 11.8. The molecule has 2 aliphatic heterocycles. The van der Waals surface area contributed by atoms with Gasteiger partial charge in [-0.3, -0.25) is 4.90 Å². The van der Waals surface area contributed by atoms with E-state index in [0.29, 0.717) is 16.0 Å². The molecule has 2 heterocycles. The predicted octanol–water partition coefficient (Wildman–Crippen LogP) is 7.17. The quantitative estimate of drug-likeness (QED) is 0.264. The van der Waals surface area contributed by atoms with Crippen molar-refractivity contribution in [2.75, 3.05) is 45.1 Å². The molecule has 0 bridgehead atoms. The van der Waals surface area contributed by atoms with Crippen LogP contribution in [-0.4, -0.2) is 44.7 Å². The Morgan fingerprint density at radius 3 is 2.16 bits per heavy atom. The van der Waals surface area contributed by atoms with Crippen LogP contribution >= 0.6 is 23.2 Å². The molecule has 0 amide bonds. The lowest BCUT2D eigenvalue weighted by Crippen LogP contribution is -2.36. The fourth-order valence-electron chi connectivity index (χ4n) is 5.97. The minimum absolute atomic E-state index is 0.665. The topological polar surface area (TPSA) is 39.3 Å². The number of nitrogens with one attached hydrogen (secondary N) is 3. The van der Waals surface area contributed by atoms with Gasteiger partial charge in [-0.15, -0.1) is 0 Å². The van der Waals surface area contributed by atoms with Gasteiger partial charge >= 0.3 is 0 Å². The van der Waals surface area contributed by atoms with Gasteiger partial charge in [-0.2, -0.15) is 0 Å². The maximum atomic E-state index is 6.37. The van der Waals surface area contributed by atoms with Crippen molar-refractivity contribution in [3.8, 4) is 11.1 Å². The number of anilines is 1. The van der Waals surface area contributed by atoms with Crippen molar-refractivity contribution in [3.63, 3.8) is 0 Å². The number of rotatable bonds is 9. The van der Waals surface area contributed by atoms with Gasteiger partial charge in [0, 0.05) is 28.8 Å². The Balaban J connectivity index is 1.31. The average Bonchev–Trinajstić information content (AvgIpc) is 2.93. The van der Waals surface area contributed by atoms with Gasteiger partial charge in [0.1, 0.15) is 0 Å². The highest BCUT2D eigenvalue weighted by molar-refractivity contribution is 6.35. The van der Waals surface area contributed by atoms with E-state index in [1.807, 2.05) is 12.1 Å². The second kappa shape index (κ2) is 13.3. The smallest absolute Gasteiger partial charge is 0.0426 e. The van der Waals surface area contributed by atoms with E-state index in [1.165, 1.54) is 42.4 Å². The van der Waals surface area contributed by atoms with Gasteiger partial charge in [0.15, 0.2) is 0 Å². The first-order valence-corrected chi connectivity index (χ1v) is 14.8. The van der Waals surface area contributed by atoms with Crippen LogP contribution in [0.4, 0.5) is 5.69 Å². The molecule has 0 aliphatic carbocycles. The summed E-state index contributed by atoms with van der Waals surface area (Å²) >= 11 is 12.7. The molecule has 2 saturated heterocycles. The highest BCUT2D eigenvalue weighted by Gasteiger charge is 2.19. The van der Waals surface area contributed by atoms with Crippen LogP contribution in [0.15, 0.2) is 60.7 Å².